The minimum Gasteiger partial charge on any atom is -0.496 e. The lowest BCUT2D eigenvalue weighted by atomic mass is 10.1. The molecule has 0 aliphatic rings. The Morgan fingerprint density at radius 1 is 1.06 bits per heavy atom. The van der Waals surface area contributed by atoms with Crippen LogP contribution in [0.15, 0.2) is 87.8 Å². The molecule has 0 fully saturated rings. The number of nitrogens with one attached hydrogen (secondary N) is 1. The van der Waals surface area contributed by atoms with Gasteiger partial charge in [0.1, 0.15) is 18.1 Å². The minimum atomic E-state index is 0.391. The van der Waals surface area contributed by atoms with Crippen LogP contribution in [0.2, 0.25) is 0 Å². The molecule has 1 heterocycles. The molecule has 1 aromatic heterocycles. The summed E-state index contributed by atoms with van der Waals surface area (Å²) in [7, 11) is 1.65. The van der Waals surface area contributed by atoms with E-state index in [1.54, 1.807) is 13.3 Å². The van der Waals surface area contributed by atoms with E-state index >= 15 is 0 Å². The molecule has 1 N–H and O–H groups in total. The zero-order valence-corrected chi connectivity index (χ0v) is 19.2. The average Bonchev–Trinajstić information content (AvgIpc) is 3.27. The van der Waals surface area contributed by atoms with Crippen molar-refractivity contribution in [3.05, 3.63) is 93.8 Å². The number of rotatable bonds is 8. The predicted molar refractivity (Wildman–Crippen MR) is 130 cm³/mol. The summed E-state index contributed by atoms with van der Waals surface area (Å²) in [6.45, 7) is 0.391. The standard InChI is InChI=1S/C24H20BrN3O2S/c1-29-23-11-10-17(12-19(23)15-30-21-9-5-8-20(25)13-21)14-26-28-24-27-22(16-31-24)18-6-3-2-4-7-18/h2-14,16H,15H2,1H3,(H,27,28). The Kier molecular flexibility index (Phi) is 6.96. The summed E-state index contributed by atoms with van der Waals surface area (Å²) in [6, 6.07) is 23.7. The van der Waals surface area contributed by atoms with Gasteiger partial charge in [0.15, 0.2) is 0 Å². The van der Waals surface area contributed by atoms with Gasteiger partial charge < -0.3 is 9.47 Å². The van der Waals surface area contributed by atoms with Gasteiger partial charge >= 0.3 is 0 Å². The maximum atomic E-state index is 5.91. The number of anilines is 1. The Morgan fingerprint density at radius 2 is 1.94 bits per heavy atom. The van der Waals surface area contributed by atoms with Gasteiger partial charge in [0.2, 0.25) is 5.13 Å². The second-order valence-electron chi connectivity index (χ2n) is 6.59. The summed E-state index contributed by atoms with van der Waals surface area (Å²) in [4.78, 5) is 4.58. The van der Waals surface area contributed by atoms with E-state index in [1.165, 1.54) is 11.3 Å². The lowest BCUT2D eigenvalue weighted by Crippen LogP contribution is -2.00. The van der Waals surface area contributed by atoms with E-state index in [9.17, 15) is 0 Å². The van der Waals surface area contributed by atoms with Crippen LogP contribution in [0, 0.1) is 0 Å². The molecule has 3 aromatic carbocycles. The Hall–Kier alpha value is -3.16. The lowest BCUT2D eigenvalue weighted by Gasteiger charge is -2.11. The normalized spacial score (nSPS) is 10.9. The highest BCUT2D eigenvalue weighted by molar-refractivity contribution is 9.10. The molecule has 0 spiro atoms. The van der Waals surface area contributed by atoms with Crippen molar-refractivity contribution in [2.24, 2.45) is 5.10 Å². The van der Waals surface area contributed by atoms with Crippen LogP contribution in [-0.2, 0) is 6.61 Å². The SMILES string of the molecule is COc1ccc(C=NNc2nc(-c3ccccc3)cs2)cc1COc1cccc(Br)c1. The largest absolute Gasteiger partial charge is 0.496 e. The Balaban J connectivity index is 1.42. The van der Waals surface area contributed by atoms with E-state index in [0.717, 1.165) is 43.5 Å². The van der Waals surface area contributed by atoms with E-state index < -0.39 is 0 Å². The van der Waals surface area contributed by atoms with E-state index in [-0.39, 0.29) is 0 Å². The highest BCUT2D eigenvalue weighted by atomic mass is 79.9. The van der Waals surface area contributed by atoms with E-state index in [4.69, 9.17) is 9.47 Å². The van der Waals surface area contributed by atoms with Gasteiger partial charge in [0.25, 0.3) is 0 Å². The summed E-state index contributed by atoms with van der Waals surface area (Å²) in [6.07, 6.45) is 1.76. The topological polar surface area (TPSA) is 55.7 Å². The molecule has 7 heteroatoms. The first-order valence-electron chi connectivity index (χ1n) is 9.56. The summed E-state index contributed by atoms with van der Waals surface area (Å²) in [5.74, 6) is 1.56. The summed E-state index contributed by atoms with van der Waals surface area (Å²) in [5, 5.41) is 7.08. The molecule has 0 atom stereocenters. The molecule has 0 unspecified atom stereocenters. The first kappa shape index (κ1) is 21.1. The van der Waals surface area contributed by atoms with Gasteiger partial charge in [0.05, 0.1) is 19.0 Å². The van der Waals surface area contributed by atoms with Crippen LogP contribution >= 0.6 is 27.3 Å². The molecule has 5 nitrogen and oxygen atoms in total. The van der Waals surface area contributed by atoms with Crippen molar-refractivity contribution >= 4 is 38.6 Å². The first-order chi connectivity index (χ1) is 15.2. The van der Waals surface area contributed by atoms with Gasteiger partial charge in [-0.25, -0.2) is 4.98 Å². The average molecular weight is 494 g/mol. The highest BCUT2D eigenvalue weighted by Gasteiger charge is 2.06. The van der Waals surface area contributed by atoms with Crippen LogP contribution in [-0.4, -0.2) is 18.3 Å². The third kappa shape index (κ3) is 5.71. The molecule has 0 bridgehead atoms. The molecule has 0 saturated carbocycles. The molecule has 156 valence electrons. The summed E-state index contributed by atoms with van der Waals surface area (Å²) < 4.78 is 12.4. The zero-order valence-electron chi connectivity index (χ0n) is 16.8. The van der Waals surface area contributed by atoms with Crippen molar-refractivity contribution in [2.75, 3.05) is 12.5 Å². The number of hydrogen-bond acceptors (Lipinski definition) is 6. The molecule has 0 amide bonds. The molecule has 4 aromatic rings. The maximum Gasteiger partial charge on any atom is 0.203 e. The van der Waals surface area contributed by atoms with Crippen LogP contribution in [0.25, 0.3) is 11.3 Å². The van der Waals surface area contributed by atoms with Crippen LogP contribution in [0.4, 0.5) is 5.13 Å². The number of ether oxygens (including phenoxy) is 2. The number of hydrogen-bond donors (Lipinski definition) is 1. The van der Waals surface area contributed by atoms with Crippen molar-refractivity contribution < 1.29 is 9.47 Å². The van der Waals surface area contributed by atoms with Crippen molar-refractivity contribution in [2.45, 2.75) is 6.61 Å². The van der Waals surface area contributed by atoms with Gasteiger partial charge in [-0.1, -0.05) is 52.3 Å². The van der Waals surface area contributed by atoms with Crippen LogP contribution in [0.1, 0.15) is 11.1 Å². The minimum absolute atomic E-state index is 0.391. The number of benzene rings is 3. The smallest absolute Gasteiger partial charge is 0.203 e. The van der Waals surface area contributed by atoms with E-state index in [1.807, 2.05) is 78.2 Å². The van der Waals surface area contributed by atoms with Gasteiger partial charge in [-0.2, -0.15) is 5.10 Å². The molecule has 0 radical (unpaired) electrons. The fraction of sp³-hybridized carbons (Fsp3) is 0.0833. The van der Waals surface area contributed by atoms with Crippen molar-refractivity contribution in [3.8, 4) is 22.8 Å². The summed E-state index contributed by atoms with van der Waals surface area (Å²) in [5.41, 5.74) is 6.89. The third-order valence-electron chi connectivity index (χ3n) is 4.44. The summed E-state index contributed by atoms with van der Waals surface area (Å²) >= 11 is 4.97. The molecule has 0 saturated heterocycles. The number of methoxy groups -OCH3 is 1. The van der Waals surface area contributed by atoms with Gasteiger partial charge in [-0.3, -0.25) is 5.43 Å². The lowest BCUT2D eigenvalue weighted by molar-refractivity contribution is 0.296. The van der Waals surface area contributed by atoms with Crippen LogP contribution in [0.5, 0.6) is 11.5 Å². The number of aromatic nitrogens is 1. The monoisotopic (exact) mass is 493 g/mol. The van der Waals surface area contributed by atoms with Crippen molar-refractivity contribution in [3.63, 3.8) is 0 Å². The molecular formula is C24H20BrN3O2S. The Labute approximate surface area is 193 Å². The number of nitrogens with zero attached hydrogens (tertiary/aromatic N) is 2. The molecule has 0 aliphatic carbocycles. The second kappa shape index (κ2) is 10.2. The number of hydrazone groups is 1. The Morgan fingerprint density at radius 3 is 2.74 bits per heavy atom. The quantitative estimate of drug-likeness (QED) is 0.221. The first-order valence-corrected chi connectivity index (χ1v) is 11.2. The fourth-order valence-electron chi connectivity index (χ4n) is 2.94. The van der Waals surface area contributed by atoms with Crippen LogP contribution < -0.4 is 14.9 Å². The third-order valence-corrected chi connectivity index (χ3v) is 5.68. The van der Waals surface area contributed by atoms with Crippen molar-refractivity contribution in [1.82, 2.24) is 4.98 Å². The molecule has 31 heavy (non-hydrogen) atoms. The Bertz CT molecular complexity index is 1180. The predicted octanol–water partition coefficient (Wildman–Crippen LogP) is 6.61. The van der Waals surface area contributed by atoms with Crippen molar-refractivity contribution in [1.29, 1.82) is 0 Å². The number of thiazole rings is 1. The maximum absolute atomic E-state index is 5.91. The molecular weight excluding hydrogens is 474 g/mol. The van der Waals surface area contributed by atoms with E-state index in [0.29, 0.717) is 6.61 Å². The number of halogens is 1. The highest BCUT2D eigenvalue weighted by Crippen LogP contribution is 2.25. The van der Waals surface area contributed by atoms with E-state index in [2.05, 4.69) is 31.4 Å². The van der Waals surface area contributed by atoms with Gasteiger partial charge in [0, 0.05) is 21.0 Å². The van der Waals surface area contributed by atoms with Gasteiger partial charge in [-0.05, 0) is 42.0 Å². The fourth-order valence-corrected chi connectivity index (χ4v) is 3.98. The molecule has 4 rings (SSSR count). The zero-order chi connectivity index (χ0) is 21.5. The van der Waals surface area contributed by atoms with Gasteiger partial charge in [-0.15, -0.1) is 11.3 Å². The second-order valence-corrected chi connectivity index (χ2v) is 8.37. The molecule has 0 aliphatic heterocycles. The van der Waals surface area contributed by atoms with Crippen LogP contribution in [0.3, 0.4) is 0 Å².